The molecule has 0 aliphatic heterocycles. The molecule has 1 aromatic carbocycles. The van der Waals surface area contributed by atoms with Crippen LogP contribution in [0.2, 0.25) is 5.02 Å². The number of nitrogens with zero attached hydrogens (tertiary/aromatic N) is 2. The predicted molar refractivity (Wildman–Crippen MR) is 67.6 cm³/mol. The Morgan fingerprint density at radius 1 is 1.65 bits per heavy atom. The van der Waals surface area contributed by atoms with Crippen LogP contribution in [0.3, 0.4) is 0 Å². The molecule has 90 valence electrons. The fourth-order valence-corrected chi connectivity index (χ4v) is 1.67. The van der Waals surface area contributed by atoms with Crippen molar-refractivity contribution in [1.82, 2.24) is 4.90 Å². The van der Waals surface area contributed by atoms with Gasteiger partial charge in [-0.1, -0.05) is 17.7 Å². The van der Waals surface area contributed by atoms with Gasteiger partial charge in [0.05, 0.1) is 23.1 Å². The zero-order chi connectivity index (χ0) is 13.0. The van der Waals surface area contributed by atoms with Crippen molar-refractivity contribution in [1.29, 1.82) is 5.26 Å². The van der Waals surface area contributed by atoms with E-state index in [4.69, 9.17) is 22.6 Å². The van der Waals surface area contributed by atoms with E-state index in [0.29, 0.717) is 16.3 Å². The Labute approximate surface area is 106 Å². The highest BCUT2D eigenvalue weighted by molar-refractivity contribution is 6.34. The zero-order valence-corrected chi connectivity index (χ0v) is 10.5. The fourth-order valence-electron chi connectivity index (χ4n) is 1.41. The SMILES string of the molecule is CC(CC#N)N(C)C(=O)c1c(N)cccc1Cl. The first kappa shape index (κ1) is 13.3. The Kier molecular flexibility index (Phi) is 4.36. The van der Waals surface area contributed by atoms with Gasteiger partial charge in [-0.05, 0) is 19.1 Å². The average molecular weight is 252 g/mol. The number of benzene rings is 1. The molecule has 0 aromatic heterocycles. The summed E-state index contributed by atoms with van der Waals surface area (Å²) in [6.07, 6.45) is 0.270. The van der Waals surface area contributed by atoms with Crippen LogP contribution in [0, 0.1) is 11.3 Å². The van der Waals surface area contributed by atoms with Crippen molar-refractivity contribution < 1.29 is 4.79 Å². The summed E-state index contributed by atoms with van der Waals surface area (Å²) in [6, 6.07) is 6.78. The molecule has 4 nitrogen and oxygen atoms in total. The van der Waals surface area contributed by atoms with Crippen LogP contribution < -0.4 is 5.73 Å². The Morgan fingerprint density at radius 3 is 2.82 bits per heavy atom. The Balaban J connectivity index is 3.01. The van der Waals surface area contributed by atoms with Crippen molar-refractivity contribution in [3.63, 3.8) is 0 Å². The number of carbonyl (C=O) groups excluding carboxylic acids is 1. The first-order chi connectivity index (χ1) is 7.99. The number of carbonyl (C=O) groups is 1. The van der Waals surface area contributed by atoms with E-state index in [0.717, 1.165) is 0 Å². The van der Waals surface area contributed by atoms with E-state index < -0.39 is 0 Å². The summed E-state index contributed by atoms with van der Waals surface area (Å²) < 4.78 is 0. The third-order valence-electron chi connectivity index (χ3n) is 2.63. The van der Waals surface area contributed by atoms with Gasteiger partial charge < -0.3 is 10.6 Å². The van der Waals surface area contributed by atoms with Gasteiger partial charge in [0.2, 0.25) is 0 Å². The highest BCUT2D eigenvalue weighted by Gasteiger charge is 2.21. The number of nitrogen functional groups attached to an aromatic ring is 1. The molecule has 0 fully saturated rings. The molecular weight excluding hydrogens is 238 g/mol. The number of rotatable bonds is 3. The first-order valence-electron chi connectivity index (χ1n) is 5.17. The van der Waals surface area contributed by atoms with Gasteiger partial charge in [-0.15, -0.1) is 0 Å². The van der Waals surface area contributed by atoms with Crippen molar-refractivity contribution in [2.45, 2.75) is 19.4 Å². The average Bonchev–Trinajstić information content (AvgIpc) is 2.27. The summed E-state index contributed by atoms with van der Waals surface area (Å²) in [7, 11) is 1.63. The first-order valence-corrected chi connectivity index (χ1v) is 5.55. The summed E-state index contributed by atoms with van der Waals surface area (Å²) in [5, 5.41) is 8.93. The van der Waals surface area contributed by atoms with Crippen molar-refractivity contribution in [3.8, 4) is 6.07 Å². The zero-order valence-electron chi connectivity index (χ0n) is 9.77. The lowest BCUT2D eigenvalue weighted by atomic mass is 10.1. The summed E-state index contributed by atoms with van der Waals surface area (Å²) >= 11 is 5.96. The quantitative estimate of drug-likeness (QED) is 0.838. The number of nitriles is 1. The molecule has 5 heteroatoms. The topological polar surface area (TPSA) is 70.1 Å². The predicted octanol–water partition coefficient (Wildman–Crippen LogP) is 2.30. The van der Waals surface area contributed by atoms with Crippen LogP contribution in [-0.4, -0.2) is 23.9 Å². The van der Waals surface area contributed by atoms with Gasteiger partial charge in [0.25, 0.3) is 5.91 Å². The van der Waals surface area contributed by atoms with Crippen molar-refractivity contribution in [2.75, 3.05) is 12.8 Å². The van der Waals surface area contributed by atoms with Crippen LogP contribution in [0.25, 0.3) is 0 Å². The van der Waals surface area contributed by atoms with Gasteiger partial charge in [0, 0.05) is 18.8 Å². The molecule has 0 radical (unpaired) electrons. The monoisotopic (exact) mass is 251 g/mol. The largest absolute Gasteiger partial charge is 0.398 e. The van der Waals surface area contributed by atoms with Gasteiger partial charge in [-0.3, -0.25) is 4.79 Å². The molecule has 1 unspecified atom stereocenters. The van der Waals surface area contributed by atoms with E-state index >= 15 is 0 Å². The molecule has 1 amide bonds. The number of amides is 1. The van der Waals surface area contributed by atoms with E-state index in [1.54, 1.807) is 32.2 Å². The molecule has 0 heterocycles. The van der Waals surface area contributed by atoms with Crippen LogP contribution in [0.15, 0.2) is 18.2 Å². The lowest BCUT2D eigenvalue weighted by molar-refractivity contribution is 0.0747. The Bertz CT molecular complexity index is 447. The molecule has 1 rings (SSSR count). The van der Waals surface area contributed by atoms with E-state index in [-0.39, 0.29) is 18.4 Å². The van der Waals surface area contributed by atoms with Crippen LogP contribution in [0.5, 0.6) is 0 Å². The normalized spacial score (nSPS) is 11.6. The van der Waals surface area contributed by atoms with Crippen molar-refractivity contribution in [3.05, 3.63) is 28.8 Å². The molecule has 2 N–H and O–H groups in total. The highest BCUT2D eigenvalue weighted by Crippen LogP contribution is 2.24. The van der Waals surface area contributed by atoms with E-state index in [1.165, 1.54) is 4.90 Å². The van der Waals surface area contributed by atoms with Gasteiger partial charge in [-0.2, -0.15) is 5.26 Å². The summed E-state index contributed by atoms with van der Waals surface area (Å²) in [4.78, 5) is 13.6. The smallest absolute Gasteiger partial charge is 0.257 e. The molecule has 17 heavy (non-hydrogen) atoms. The second kappa shape index (κ2) is 5.55. The maximum absolute atomic E-state index is 12.2. The number of halogens is 1. The lowest BCUT2D eigenvalue weighted by Crippen LogP contribution is -2.35. The molecule has 0 bridgehead atoms. The van der Waals surface area contributed by atoms with Crippen molar-refractivity contribution >= 4 is 23.2 Å². The summed E-state index contributed by atoms with van der Waals surface area (Å²) in [5.41, 5.74) is 6.38. The maximum atomic E-state index is 12.2. The molecular formula is C12H14ClN3O. The molecule has 0 aliphatic carbocycles. The van der Waals surface area contributed by atoms with Crippen molar-refractivity contribution in [2.24, 2.45) is 0 Å². The standard InChI is InChI=1S/C12H14ClN3O/c1-8(6-7-14)16(2)12(17)11-9(13)4-3-5-10(11)15/h3-5,8H,6,15H2,1-2H3. The molecule has 0 saturated carbocycles. The van der Waals surface area contributed by atoms with Gasteiger partial charge >= 0.3 is 0 Å². The van der Waals surface area contributed by atoms with Gasteiger partial charge in [0.15, 0.2) is 0 Å². The molecule has 0 saturated heterocycles. The minimum Gasteiger partial charge on any atom is -0.398 e. The van der Waals surface area contributed by atoms with E-state index in [2.05, 4.69) is 0 Å². The summed E-state index contributed by atoms with van der Waals surface area (Å²) in [6.45, 7) is 1.80. The van der Waals surface area contributed by atoms with Crippen LogP contribution in [-0.2, 0) is 0 Å². The molecule has 1 atom stereocenters. The number of anilines is 1. The number of hydrogen-bond acceptors (Lipinski definition) is 3. The fraction of sp³-hybridized carbons (Fsp3) is 0.333. The van der Waals surface area contributed by atoms with Gasteiger partial charge in [-0.25, -0.2) is 0 Å². The third kappa shape index (κ3) is 2.89. The third-order valence-corrected chi connectivity index (χ3v) is 2.94. The van der Waals surface area contributed by atoms with Gasteiger partial charge in [0.1, 0.15) is 0 Å². The van der Waals surface area contributed by atoms with Crippen LogP contribution >= 0.6 is 11.6 Å². The minimum absolute atomic E-state index is 0.178. The number of hydrogen-bond donors (Lipinski definition) is 1. The minimum atomic E-state index is -0.268. The molecule has 0 spiro atoms. The maximum Gasteiger partial charge on any atom is 0.257 e. The van der Waals surface area contributed by atoms with E-state index in [9.17, 15) is 4.79 Å². The molecule has 1 aromatic rings. The second-order valence-electron chi connectivity index (χ2n) is 3.83. The Morgan fingerprint density at radius 2 is 2.29 bits per heavy atom. The molecule has 0 aliphatic rings. The lowest BCUT2D eigenvalue weighted by Gasteiger charge is -2.24. The van der Waals surface area contributed by atoms with Crippen LogP contribution in [0.1, 0.15) is 23.7 Å². The highest BCUT2D eigenvalue weighted by atomic mass is 35.5. The Hall–Kier alpha value is -1.73. The van der Waals surface area contributed by atoms with E-state index in [1.807, 2.05) is 6.07 Å². The second-order valence-corrected chi connectivity index (χ2v) is 4.24. The number of nitrogens with two attached hydrogens (primary N) is 1. The summed E-state index contributed by atoms with van der Waals surface area (Å²) in [5.74, 6) is -0.268. The van der Waals surface area contributed by atoms with Crippen LogP contribution in [0.4, 0.5) is 5.69 Å².